The van der Waals surface area contributed by atoms with Crippen molar-refractivity contribution in [3.63, 3.8) is 0 Å². The Kier molecular flexibility index (Phi) is 10.1. The smallest absolute Gasteiger partial charge is 0.0294 e. The quantitative estimate of drug-likeness (QED) is 0.469. The van der Waals surface area contributed by atoms with Crippen molar-refractivity contribution in [2.75, 3.05) is 6.54 Å². The molecule has 0 heterocycles. The van der Waals surface area contributed by atoms with Crippen molar-refractivity contribution in [2.45, 2.75) is 66.3 Å². The molecule has 0 aliphatic heterocycles. The Morgan fingerprint density at radius 1 is 0.875 bits per heavy atom. The molecule has 0 aliphatic rings. The molecule has 24 heavy (non-hydrogen) atoms. The van der Waals surface area contributed by atoms with Gasteiger partial charge in [0.2, 0.25) is 0 Å². The standard InChI is InChI=1S/C23H35N/c1-19(2)11-9-12-20(3)13-10-14-21(4)17-18-24-22(5)23-15-7-6-8-16-23/h6-8,11,13,15-17,22,24H,9-10,12,14,18H2,1-5H3/b20-13+,21-17+/t22-/m1/s1. The molecule has 1 nitrogen and oxygen atoms in total. The molecule has 1 aromatic rings. The lowest BCUT2D eigenvalue weighted by Crippen LogP contribution is -2.18. The van der Waals surface area contributed by atoms with Crippen molar-refractivity contribution in [1.29, 1.82) is 0 Å². The maximum atomic E-state index is 3.57. The van der Waals surface area contributed by atoms with Gasteiger partial charge in [0.05, 0.1) is 0 Å². The summed E-state index contributed by atoms with van der Waals surface area (Å²) in [6.07, 6.45) is 11.7. The van der Waals surface area contributed by atoms with Crippen molar-refractivity contribution in [3.05, 3.63) is 70.8 Å². The van der Waals surface area contributed by atoms with E-state index in [-0.39, 0.29) is 0 Å². The molecule has 0 aliphatic carbocycles. The van der Waals surface area contributed by atoms with Gasteiger partial charge in [0.1, 0.15) is 0 Å². The molecule has 0 unspecified atom stereocenters. The summed E-state index contributed by atoms with van der Waals surface area (Å²) < 4.78 is 0. The number of allylic oxidation sites excluding steroid dienone is 5. The Bertz CT molecular complexity index is 545. The van der Waals surface area contributed by atoms with Gasteiger partial charge >= 0.3 is 0 Å². The van der Waals surface area contributed by atoms with Gasteiger partial charge in [-0.3, -0.25) is 0 Å². The van der Waals surface area contributed by atoms with Crippen LogP contribution in [0, 0.1) is 0 Å². The number of hydrogen-bond donors (Lipinski definition) is 1. The van der Waals surface area contributed by atoms with Gasteiger partial charge in [-0.2, -0.15) is 0 Å². The van der Waals surface area contributed by atoms with Crippen LogP contribution in [0.1, 0.15) is 71.9 Å². The first-order chi connectivity index (χ1) is 11.5. The Balaban J connectivity index is 2.26. The first-order valence-electron chi connectivity index (χ1n) is 9.22. The first kappa shape index (κ1) is 20.4. The highest BCUT2D eigenvalue weighted by Crippen LogP contribution is 2.13. The Hall–Kier alpha value is -1.60. The topological polar surface area (TPSA) is 12.0 Å². The van der Waals surface area contributed by atoms with Gasteiger partial charge < -0.3 is 5.32 Å². The van der Waals surface area contributed by atoms with Gasteiger partial charge in [-0.15, -0.1) is 0 Å². The van der Waals surface area contributed by atoms with Crippen molar-refractivity contribution in [2.24, 2.45) is 0 Å². The second kappa shape index (κ2) is 11.9. The van der Waals surface area contributed by atoms with E-state index in [1.54, 1.807) is 0 Å². The highest BCUT2D eigenvalue weighted by Gasteiger charge is 2.01. The zero-order chi connectivity index (χ0) is 17.8. The van der Waals surface area contributed by atoms with Crippen molar-refractivity contribution >= 4 is 0 Å². The fourth-order valence-corrected chi connectivity index (χ4v) is 2.61. The third-order valence-electron chi connectivity index (χ3n) is 4.30. The van der Waals surface area contributed by atoms with E-state index in [0.29, 0.717) is 6.04 Å². The molecule has 1 rings (SSSR count). The van der Waals surface area contributed by atoms with Crippen LogP contribution in [0.5, 0.6) is 0 Å². The maximum Gasteiger partial charge on any atom is 0.0294 e. The van der Waals surface area contributed by atoms with E-state index in [9.17, 15) is 0 Å². The van der Waals surface area contributed by atoms with Crippen molar-refractivity contribution in [3.8, 4) is 0 Å². The normalized spacial score (nSPS) is 13.7. The van der Waals surface area contributed by atoms with E-state index >= 15 is 0 Å². The highest BCUT2D eigenvalue weighted by molar-refractivity contribution is 5.18. The van der Waals surface area contributed by atoms with Crippen LogP contribution in [0.25, 0.3) is 0 Å². The maximum absolute atomic E-state index is 3.57. The molecule has 1 N–H and O–H groups in total. The summed E-state index contributed by atoms with van der Waals surface area (Å²) in [5.41, 5.74) is 5.74. The molecule has 0 spiro atoms. The van der Waals surface area contributed by atoms with Gasteiger partial charge in [0, 0.05) is 12.6 Å². The summed E-state index contributed by atoms with van der Waals surface area (Å²) in [5, 5.41) is 3.57. The summed E-state index contributed by atoms with van der Waals surface area (Å²) in [6.45, 7) is 12.0. The highest BCUT2D eigenvalue weighted by atomic mass is 14.9. The molecule has 1 heteroatoms. The van der Waals surface area contributed by atoms with Gasteiger partial charge in [0.15, 0.2) is 0 Å². The lowest BCUT2D eigenvalue weighted by Gasteiger charge is -2.13. The average molecular weight is 326 g/mol. The molecule has 0 saturated heterocycles. The number of rotatable bonds is 10. The van der Waals surface area contributed by atoms with E-state index < -0.39 is 0 Å². The molecular formula is C23H35N. The van der Waals surface area contributed by atoms with Crippen LogP contribution in [0.3, 0.4) is 0 Å². The summed E-state index contributed by atoms with van der Waals surface area (Å²) in [7, 11) is 0. The predicted octanol–water partition coefficient (Wildman–Crippen LogP) is 6.76. The summed E-state index contributed by atoms with van der Waals surface area (Å²) in [5.74, 6) is 0. The minimum Gasteiger partial charge on any atom is -0.307 e. The second-order valence-corrected chi connectivity index (χ2v) is 7.00. The first-order valence-corrected chi connectivity index (χ1v) is 9.22. The third kappa shape index (κ3) is 9.52. The number of hydrogen-bond acceptors (Lipinski definition) is 1. The lowest BCUT2D eigenvalue weighted by molar-refractivity contribution is 0.615. The SMILES string of the molecule is CC(C)=CCC/C(C)=C/CC/C(C)=C/CN[C@H](C)c1ccccc1. The van der Waals surface area contributed by atoms with Gasteiger partial charge in [0.25, 0.3) is 0 Å². The van der Waals surface area contributed by atoms with Crippen LogP contribution in [0.2, 0.25) is 0 Å². The van der Waals surface area contributed by atoms with Crippen LogP contribution >= 0.6 is 0 Å². The molecule has 0 saturated carbocycles. The predicted molar refractivity (Wildman–Crippen MR) is 108 cm³/mol. The van der Waals surface area contributed by atoms with Gasteiger partial charge in [-0.05, 0) is 65.9 Å². The molecule has 0 aromatic heterocycles. The Morgan fingerprint density at radius 3 is 2.08 bits per heavy atom. The summed E-state index contributed by atoms with van der Waals surface area (Å²) >= 11 is 0. The van der Waals surface area contributed by atoms with Crippen LogP contribution in [0.15, 0.2) is 65.3 Å². The molecule has 0 fully saturated rings. The number of nitrogens with one attached hydrogen (secondary N) is 1. The summed E-state index contributed by atoms with van der Waals surface area (Å²) in [6, 6.07) is 11.0. The Morgan fingerprint density at radius 2 is 1.46 bits per heavy atom. The van der Waals surface area contributed by atoms with Crippen molar-refractivity contribution < 1.29 is 0 Å². The van der Waals surface area contributed by atoms with E-state index in [4.69, 9.17) is 0 Å². The third-order valence-corrected chi connectivity index (χ3v) is 4.30. The van der Waals surface area contributed by atoms with Crippen LogP contribution in [0.4, 0.5) is 0 Å². The van der Waals surface area contributed by atoms with Gasteiger partial charge in [-0.25, -0.2) is 0 Å². The van der Waals surface area contributed by atoms with E-state index in [1.165, 1.54) is 35.1 Å². The fraction of sp³-hybridized carbons (Fsp3) is 0.478. The monoisotopic (exact) mass is 325 g/mol. The minimum absolute atomic E-state index is 0.396. The van der Waals surface area contributed by atoms with Crippen LogP contribution in [-0.4, -0.2) is 6.54 Å². The van der Waals surface area contributed by atoms with E-state index in [0.717, 1.165) is 19.4 Å². The fourth-order valence-electron chi connectivity index (χ4n) is 2.61. The minimum atomic E-state index is 0.396. The molecular weight excluding hydrogens is 290 g/mol. The largest absolute Gasteiger partial charge is 0.307 e. The van der Waals surface area contributed by atoms with Crippen LogP contribution < -0.4 is 5.32 Å². The Labute approximate surface area is 149 Å². The van der Waals surface area contributed by atoms with E-state index in [2.05, 4.69) is 88.5 Å². The second-order valence-electron chi connectivity index (χ2n) is 7.00. The zero-order valence-electron chi connectivity index (χ0n) is 16.2. The molecule has 0 radical (unpaired) electrons. The van der Waals surface area contributed by atoms with Crippen LogP contribution in [-0.2, 0) is 0 Å². The number of benzene rings is 1. The molecule has 1 aromatic carbocycles. The zero-order valence-corrected chi connectivity index (χ0v) is 16.2. The molecule has 1 atom stereocenters. The van der Waals surface area contributed by atoms with Gasteiger partial charge in [-0.1, -0.05) is 65.3 Å². The van der Waals surface area contributed by atoms with E-state index in [1.807, 2.05) is 0 Å². The average Bonchev–Trinajstić information content (AvgIpc) is 2.55. The molecule has 0 bridgehead atoms. The lowest BCUT2D eigenvalue weighted by atomic mass is 10.1. The van der Waals surface area contributed by atoms with Crippen molar-refractivity contribution in [1.82, 2.24) is 5.32 Å². The molecule has 132 valence electrons. The molecule has 0 amide bonds. The summed E-state index contributed by atoms with van der Waals surface area (Å²) in [4.78, 5) is 0.